The molecule has 0 amide bonds. The van der Waals surface area contributed by atoms with Gasteiger partial charge in [-0.1, -0.05) is 42.5 Å². The number of benzene rings is 1. The minimum absolute atomic E-state index is 0.0776. The van der Waals surface area contributed by atoms with E-state index in [0.717, 1.165) is 31.6 Å². The fourth-order valence-corrected chi connectivity index (χ4v) is 3.42. The Morgan fingerprint density at radius 1 is 1.30 bits per heavy atom. The second-order valence-electron chi connectivity index (χ2n) is 6.48. The van der Waals surface area contributed by atoms with Gasteiger partial charge in [-0.05, 0) is 38.2 Å². The van der Waals surface area contributed by atoms with Crippen LogP contribution in [0.15, 0.2) is 42.5 Å². The maximum Gasteiger partial charge on any atom is 0.0535 e. The fourth-order valence-electron chi connectivity index (χ4n) is 3.42. The molecule has 0 radical (unpaired) electrons. The highest BCUT2D eigenvalue weighted by Crippen LogP contribution is 2.38. The van der Waals surface area contributed by atoms with Crippen LogP contribution < -0.4 is 5.32 Å². The predicted octanol–water partition coefficient (Wildman–Crippen LogP) is 3.16. The van der Waals surface area contributed by atoms with Crippen molar-refractivity contribution in [2.45, 2.75) is 38.3 Å². The molecule has 0 bridgehead atoms. The topological polar surface area (TPSA) is 15.3 Å². The van der Waals surface area contributed by atoms with Crippen molar-refractivity contribution in [1.82, 2.24) is 10.2 Å². The first-order chi connectivity index (χ1) is 9.73. The number of rotatable bonds is 4. The quantitative estimate of drug-likeness (QED) is 0.846. The summed E-state index contributed by atoms with van der Waals surface area (Å²) >= 11 is 0. The highest BCUT2D eigenvalue weighted by atomic mass is 15.3. The number of nitrogens with one attached hydrogen (secondary N) is 1. The van der Waals surface area contributed by atoms with Crippen molar-refractivity contribution in [1.29, 1.82) is 0 Å². The lowest BCUT2D eigenvalue weighted by atomic mass is 9.87. The Balaban J connectivity index is 1.78. The first kappa shape index (κ1) is 13.8. The second-order valence-corrected chi connectivity index (χ2v) is 6.48. The van der Waals surface area contributed by atoms with E-state index in [-0.39, 0.29) is 5.54 Å². The van der Waals surface area contributed by atoms with Crippen molar-refractivity contribution in [3.05, 3.63) is 48.0 Å². The molecule has 1 aromatic carbocycles. The molecule has 1 saturated heterocycles. The third kappa shape index (κ3) is 2.82. The van der Waals surface area contributed by atoms with E-state index in [9.17, 15) is 0 Å². The SMILES string of the molecule is C/C=C/CN1CC(C)(c2ccccc2)NCC1C1CC1. The molecule has 108 valence electrons. The van der Waals surface area contributed by atoms with Crippen LogP contribution in [0.5, 0.6) is 0 Å². The van der Waals surface area contributed by atoms with Gasteiger partial charge >= 0.3 is 0 Å². The van der Waals surface area contributed by atoms with Crippen LogP contribution in [0.25, 0.3) is 0 Å². The Bertz CT molecular complexity index is 464. The number of piperazine rings is 1. The lowest BCUT2D eigenvalue weighted by Crippen LogP contribution is -2.61. The first-order valence-corrected chi connectivity index (χ1v) is 7.89. The minimum atomic E-state index is 0.0776. The predicted molar refractivity (Wildman–Crippen MR) is 84.7 cm³/mol. The molecule has 2 unspecified atom stereocenters. The van der Waals surface area contributed by atoms with Gasteiger partial charge in [0.1, 0.15) is 0 Å². The van der Waals surface area contributed by atoms with Crippen molar-refractivity contribution < 1.29 is 0 Å². The van der Waals surface area contributed by atoms with Crippen LogP contribution in [0.4, 0.5) is 0 Å². The minimum Gasteiger partial charge on any atom is -0.305 e. The van der Waals surface area contributed by atoms with Crippen molar-refractivity contribution in [2.24, 2.45) is 5.92 Å². The Morgan fingerprint density at radius 2 is 2.05 bits per heavy atom. The van der Waals surface area contributed by atoms with Crippen molar-refractivity contribution in [2.75, 3.05) is 19.6 Å². The number of nitrogens with zero attached hydrogens (tertiary/aromatic N) is 1. The van der Waals surface area contributed by atoms with Gasteiger partial charge in [0.2, 0.25) is 0 Å². The number of hydrogen-bond donors (Lipinski definition) is 1. The van der Waals surface area contributed by atoms with Gasteiger partial charge in [0.05, 0.1) is 5.54 Å². The first-order valence-electron chi connectivity index (χ1n) is 7.89. The van der Waals surface area contributed by atoms with Crippen LogP contribution in [0.3, 0.4) is 0 Å². The standard InChI is InChI=1S/C18H26N2/c1-3-4-12-20-14-18(2,16-8-6-5-7-9-16)19-13-17(20)15-10-11-15/h3-9,15,17,19H,10-14H2,1-2H3/b4-3+. The Morgan fingerprint density at radius 3 is 2.70 bits per heavy atom. The van der Waals surface area contributed by atoms with Crippen LogP contribution in [0.2, 0.25) is 0 Å². The molecule has 0 aromatic heterocycles. The Kier molecular flexibility index (Phi) is 3.95. The Labute approximate surface area is 122 Å². The molecular formula is C18H26N2. The van der Waals surface area contributed by atoms with E-state index < -0.39 is 0 Å². The maximum atomic E-state index is 3.82. The van der Waals surface area contributed by atoms with Crippen LogP contribution in [0.1, 0.15) is 32.3 Å². The van der Waals surface area contributed by atoms with E-state index in [2.05, 4.69) is 66.5 Å². The molecule has 1 saturated carbocycles. The summed E-state index contributed by atoms with van der Waals surface area (Å²) in [6, 6.07) is 11.6. The van der Waals surface area contributed by atoms with E-state index in [1.165, 1.54) is 18.4 Å². The molecule has 2 heteroatoms. The van der Waals surface area contributed by atoms with Gasteiger partial charge in [0, 0.05) is 25.7 Å². The molecule has 1 aliphatic carbocycles. The maximum absolute atomic E-state index is 3.82. The van der Waals surface area contributed by atoms with Crippen molar-refractivity contribution >= 4 is 0 Å². The molecular weight excluding hydrogens is 244 g/mol. The van der Waals surface area contributed by atoms with Gasteiger partial charge in [-0.15, -0.1) is 0 Å². The van der Waals surface area contributed by atoms with Crippen LogP contribution in [-0.2, 0) is 5.54 Å². The molecule has 2 aliphatic rings. The van der Waals surface area contributed by atoms with Gasteiger partial charge in [0.25, 0.3) is 0 Å². The van der Waals surface area contributed by atoms with Gasteiger partial charge in [-0.25, -0.2) is 0 Å². The summed E-state index contributed by atoms with van der Waals surface area (Å²) in [7, 11) is 0. The monoisotopic (exact) mass is 270 g/mol. The fraction of sp³-hybridized carbons (Fsp3) is 0.556. The zero-order chi connectivity index (χ0) is 14.0. The normalized spacial score (nSPS) is 31.8. The molecule has 1 N–H and O–H groups in total. The smallest absolute Gasteiger partial charge is 0.0535 e. The highest BCUT2D eigenvalue weighted by molar-refractivity contribution is 5.25. The molecule has 20 heavy (non-hydrogen) atoms. The molecule has 2 nitrogen and oxygen atoms in total. The summed E-state index contributed by atoms with van der Waals surface area (Å²) in [5.41, 5.74) is 1.48. The number of hydrogen-bond acceptors (Lipinski definition) is 2. The average molecular weight is 270 g/mol. The van der Waals surface area contributed by atoms with E-state index in [1.807, 2.05) is 0 Å². The third-order valence-corrected chi connectivity index (χ3v) is 4.84. The summed E-state index contributed by atoms with van der Waals surface area (Å²) in [6.07, 6.45) is 7.30. The van der Waals surface area contributed by atoms with E-state index in [1.54, 1.807) is 0 Å². The van der Waals surface area contributed by atoms with Crippen molar-refractivity contribution in [3.63, 3.8) is 0 Å². The highest BCUT2D eigenvalue weighted by Gasteiger charge is 2.42. The molecule has 2 fully saturated rings. The summed E-state index contributed by atoms with van der Waals surface area (Å²) in [5.74, 6) is 0.924. The van der Waals surface area contributed by atoms with E-state index in [4.69, 9.17) is 0 Å². The van der Waals surface area contributed by atoms with Gasteiger partial charge in [0.15, 0.2) is 0 Å². The zero-order valence-electron chi connectivity index (χ0n) is 12.7. The van der Waals surface area contributed by atoms with Crippen LogP contribution >= 0.6 is 0 Å². The third-order valence-electron chi connectivity index (χ3n) is 4.84. The lowest BCUT2D eigenvalue weighted by molar-refractivity contribution is 0.0848. The van der Waals surface area contributed by atoms with Gasteiger partial charge in [-0.2, -0.15) is 0 Å². The largest absolute Gasteiger partial charge is 0.305 e. The molecule has 1 aliphatic heterocycles. The molecule has 1 heterocycles. The van der Waals surface area contributed by atoms with Crippen LogP contribution in [0, 0.1) is 5.92 Å². The molecule has 1 aromatic rings. The lowest BCUT2D eigenvalue weighted by Gasteiger charge is -2.46. The van der Waals surface area contributed by atoms with E-state index >= 15 is 0 Å². The van der Waals surface area contributed by atoms with Crippen molar-refractivity contribution in [3.8, 4) is 0 Å². The van der Waals surface area contributed by atoms with Gasteiger partial charge in [-0.3, -0.25) is 4.90 Å². The second kappa shape index (κ2) is 5.71. The van der Waals surface area contributed by atoms with E-state index in [0.29, 0.717) is 0 Å². The Hall–Kier alpha value is -1.12. The molecule has 0 spiro atoms. The summed E-state index contributed by atoms with van der Waals surface area (Å²) < 4.78 is 0. The molecule has 3 rings (SSSR count). The number of allylic oxidation sites excluding steroid dienone is 1. The zero-order valence-corrected chi connectivity index (χ0v) is 12.7. The summed E-state index contributed by atoms with van der Waals surface area (Å²) in [6.45, 7) is 7.76. The van der Waals surface area contributed by atoms with Crippen LogP contribution in [-0.4, -0.2) is 30.6 Å². The average Bonchev–Trinajstić information content (AvgIpc) is 3.31. The summed E-state index contributed by atoms with van der Waals surface area (Å²) in [4.78, 5) is 2.68. The van der Waals surface area contributed by atoms with Gasteiger partial charge < -0.3 is 5.32 Å². The summed E-state index contributed by atoms with van der Waals surface area (Å²) in [5, 5.41) is 3.82. The molecule has 2 atom stereocenters.